The maximum Gasteiger partial charge on any atom is 0.134 e. The van der Waals surface area contributed by atoms with Gasteiger partial charge in [0.25, 0.3) is 0 Å². The number of carbonyl (C=O) groups is 1. The van der Waals surface area contributed by atoms with Crippen molar-refractivity contribution in [3.05, 3.63) is 0 Å². The minimum Gasteiger partial charge on any atom is -0.305 e. The molecule has 2 nitrogen and oxygen atoms in total. The summed E-state index contributed by atoms with van der Waals surface area (Å²) in [7, 11) is 2.11. The quantitative estimate of drug-likeness (QED) is 0.522. The first-order valence-electron chi connectivity index (χ1n) is 3.41. The number of ketones is 1. The van der Waals surface area contributed by atoms with E-state index in [0.717, 1.165) is 25.9 Å². The van der Waals surface area contributed by atoms with Crippen molar-refractivity contribution >= 4 is 18.2 Å². The number of likely N-dealkylation sites (tertiary alicyclic amines) is 1. The lowest BCUT2D eigenvalue weighted by Gasteiger charge is -2.53. The third-order valence-corrected chi connectivity index (χ3v) is 2.35. The van der Waals surface area contributed by atoms with Gasteiger partial charge in [0.1, 0.15) is 5.78 Å². The van der Waals surface area contributed by atoms with Crippen molar-refractivity contribution < 1.29 is 4.79 Å². The summed E-state index contributed by atoms with van der Waals surface area (Å²) in [6.45, 7) is 2.30. The number of hydrogen-bond donors (Lipinski definition) is 0. The average molecular weight is 162 g/mol. The molecule has 2 fully saturated rings. The fourth-order valence-corrected chi connectivity index (χ4v) is 2.11. The standard InChI is InChI=1S/C7H11NO.ClH/c1-8-4-7(5-8)2-6(9)3-7;/h2-5H2,1H3;1H. The Kier molecular flexibility index (Phi) is 1.77. The Morgan fingerprint density at radius 2 is 1.90 bits per heavy atom. The van der Waals surface area contributed by atoms with Crippen molar-refractivity contribution in [1.29, 1.82) is 0 Å². The highest BCUT2D eigenvalue weighted by molar-refractivity contribution is 5.86. The Labute approximate surface area is 67.0 Å². The number of halogens is 1. The van der Waals surface area contributed by atoms with Crippen LogP contribution in [-0.4, -0.2) is 30.8 Å². The zero-order chi connectivity index (χ0) is 6.48. The predicted octanol–water partition coefficient (Wildman–Crippen LogP) is 0.703. The highest BCUT2D eigenvalue weighted by Gasteiger charge is 2.50. The van der Waals surface area contributed by atoms with Gasteiger partial charge in [0.05, 0.1) is 0 Å². The Morgan fingerprint density at radius 1 is 1.40 bits per heavy atom. The van der Waals surface area contributed by atoms with Crippen LogP contribution in [0.1, 0.15) is 12.8 Å². The minimum atomic E-state index is 0. The molecule has 1 aliphatic carbocycles. The molecule has 10 heavy (non-hydrogen) atoms. The molecule has 1 saturated heterocycles. The molecule has 1 heterocycles. The monoisotopic (exact) mass is 161 g/mol. The molecule has 0 amide bonds. The lowest BCUT2D eigenvalue weighted by molar-refractivity contribution is -0.143. The van der Waals surface area contributed by atoms with Crippen LogP contribution in [0.25, 0.3) is 0 Å². The maximum absolute atomic E-state index is 10.6. The van der Waals surface area contributed by atoms with E-state index in [1.807, 2.05) is 0 Å². The van der Waals surface area contributed by atoms with E-state index in [9.17, 15) is 4.79 Å². The van der Waals surface area contributed by atoms with Gasteiger partial charge in [-0.2, -0.15) is 0 Å². The van der Waals surface area contributed by atoms with Crippen LogP contribution in [0.3, 0.4) is 0 Å². The van der Waals surface area contributed by atoms with E-state index < -0.39 is 0 Å². The van der Waals surface area contributed by atoms with Gasteiger partial charge in [0.2, 0.25) is 0 Å². The lowest BCUT2D eigenvalue weighted by Crippen LogP contribution is -2.60. The van der Waals surface area contributed by atoms with Crippen LogP contribution in [-0.2, 0) is 4.79 Å². The predicted molar refractivity (Wildman–Crippen MR) is 41.4 cm³/mol. The van der Waals surface area contributed by atoms with Gasteiger partial charge in [-0.25, -0.2) is 0 Å². The van der Waals surface area contributed by atoms with E-state index in [4.69, 9.17) is 0 Å². The smallest absolute Gasteiger partial charge is 0.134 e. The molecule has 1 saturated carbocycles. The third-order valence-electron chi connectivity index (χ3n) is 2.35. The molecule has 0 radical (unpaired) electrons. The van der Waals surface area contributed by atoms with Gasteiger partial charge in [-0.05, 0) is 7.05 Å². The summed E-state index contributed by atoms with van der Waals surface area (Å²) in [5, 5.41) is 0. The van der Waals surface area contributed by atoms with Crippen LogP contribution in [0.5, 0.6) is 0 Å². The molecular weight excluding hydrogens is 150 g/mol. The van der Waals surface area contributed by atoms with Crippen molar-refractivity contribution in [3.63, 3.8) is 0 Å². The van der Waals surface area contributed by atoms with E-state index >= 15 is 0 Å². The Morgan fingerprint density at radius 3 is 2.20 bits per heavy atom. The molecular formula is C7H12ClNO. The first-order chi connectivity index (χ1) is 4.20. The Balaban J connectivity index is 0.000000500. The number of carbonyl (C=O) groups excluding carboxylic acids is 1. The summed E-state index contributed by atoms with van der Waals surface area (Å²) in [4.78, 5) is 12.9. The van der Waals surface area contributed by atoms with Crippen molar-refractivity contribution in [2.24, 2.45) is 5.41 Å². The topological polar surface area (TPSA) is 20.3 Å². The molecule has 0 atom stereocenters. The molecule has 0 aromatic rings. The summed E-state index contributed by atoms with van der Waals surface area (Å²) >= 11 is 0. The van der Waals surface area contributed by atoms with Crippen LogP contribution in [0.4, 0.5) is 0 Å². The second-order valence-corrected chi connectivity index (χ2v) is 3.56. The molecule has 1 aliphatic heterocycles. The molecule has 58 valence electrons. The average Bonchev–Trinajstić information content (AvgIpc) is 1.58. The molecule has 0 aromatic heterocycles. The minimum absolute atomic E-state index is 0. The van der Waals surface area contributed by atoms with Gasteiger partial charge in [0, 0.05) is 31.3 Å². The molecule has 2 rings (SSSR count). The summed E-state index contributed by atoms with van der Waals surface area (Å²) < 4.78 is 0. The largest absolute Gasteiger partial charge is 0.305 e. The molecule has 1 spiro atoms. The highest BCUT2D eigenvalue weighted by atomic mass is 35.5. The second-order valence-electron chi connectivity index (χ2n) is 3.56. The van der Waals surface area contributed by atoms with Crippen LogP contribution >= 0.6 is 12.4 Å². The van der Waals surface area contributed by atoms with E-state index in [-0.39, 0.29) is 12.4 Å². The van der Waals surface area contributed by atoms with Gasteiger partial charge in [-0.3, -0.25) is 4.79 Å². The third kappa shape index (κ3) is 0.956. The van der Waals surface area contributed by atoms with Crippen molar-refractivity contribution in [2.45, 2.75) is 12.8 Å². The summed E-state index contributed by atoms with van der Waals surface area (Å²) in [5.41, 5.74) is 0.464. The van der Waals surface area contributed by atoms with E-state index in [1.165, 1.54) is 0 Å². The number of nitrogens with zero attached hydrogens (tertiary/aromatic N) is 1. The maximum atomic E-state index is 10.6. The van der Waals surface area contributed by atoms with Crippen molar-refractivity contribution in [3.8, 4) is 0 Å². The molecule has 2 aliphatic rings. The van der Waals surface area contributed by atoms with Gasteiger partial charge in [-0.15, -0.1) is 12.4 Å². The summed E-state index contributed by atoms with van der Waals surface area (Å²) in [5.74, 6) is 0.461. The first-order valence-corrected chi connectivity index (χ1v) is 3.41. The van der Waals surface area contributed by atoms with Crippen molar-refractivity contribution in [2.75, 3.05) is 20.1 Å². The normalized spacial score (nSPS) is 28.7. The zero-order valence-electron chi connectivity index (χ0n) is 6.09. The molecule has 0 N–H and O–H groups in total. The first kappa shape index (κ1) is 8.02. The van der Waals surface area contributed by atoms with Crippen LogP contribution in [0.15, 0.2) is 0 Å². The van der Waals surface area contributed by atoms with Crippen LogP contribution < -0.4 is 0 Å². The van der Waals surface area contributed by atoms with Gasteiger partial charge in [0.15, 0.2) is 0 Å². The van der Waals surface area contributed by atoms with Crippen LogP contribution in [0, 0.1) is 5.41 Å². The number of Topliss-reactive ketones (excluding diaryl/α,β-unsaturated/α-hetero) is 1. The van der Waals surface area contributed by atoms with E-state index in [0.29, 0.717) is 11.2 Å². The van der Waals surface area contributed by atoms with E-state index in [1.54, 1.807) is 0 Å². The fraction of sp³-hybridized carbons (Fsp3) is 0.857. The summed E-state index contributed by atoms with van der Waals surface area (Å²) in [6.07, 6.45) is 1.72. The van der Waals surface area contributed by atoms with Gasteiger partial charge >= 0.3 is 0 Å². The zero-order valence-corrected chi connectivity index (χ0v) is 6.91. The molecule has 0 bridgehead atoms. The van der Waals surface area contributed by atoms with E-state index in [2.05, 4.69) is 11.9 Å². The molecule has 3 heteroatoms. The number of hydrogen-bond acceptors (Lipinski definition) is 2. The Hall–Kier alpha value is -0.0800. The Bertz CT molecular complexity index is 153. The summed E-state index contributed by atoms with van der Waals surface area (Å²) in [6, 6.07) is 0. The van der Waals surface area contributed by atoms with Crippen molar-refractivity contribution in [1.82, 2.24) is 4.90 Å². The SMILES string of the molecule is CN1CC2(CC(=O)C2)C1.Cl. The van der Waals surface area contributed by atoms with Crippen LogP contribution in [0.2, 0.25) is 0 Å². The second kappa shape index (κ2) is 2.21. The van der Waals surface area contributed by atoms with Gasteiger partial charge in [-0.1, -0.05) is 0 Å². The van der Waals surface area contributed by atoms with Gasteiger partial charge < -0.3 is 4.90 Å². The lowest BCUT2D eigenvalue weighted by atomic mass is 9.63. The highest BCUT2D eigenvalue weighted by Crippen LogP contribution is 2.44. The molecule has 0 aromatic carbocycles. The molecule has 0 unspecified atom stereocenters. The number of rotatable bonds is 0. The fourth-order valence-electron chi connectivity index (χ4n) is 2.11.